The Morgan fingerprint density at radius 3 is 2.79 bits per heavy atom. The third-order valence-electron chi connectivity index (χ3n) is 3.15. The number of benzene rings is 1. The molecule has 102 valence electrons. The number of aromatic nitrogens is 2. The highest BCUT2D eigenvalue weighted by Crippen LogP contribution is 2.25. The molecule has 0 fully saturated rings. The minimum absolute atomic E-state index is 0.191. The van der Waals surface area contributed by atoms with E-state index in [1.54, 1.807) is 0 Å². The summed E-state index contributed by atoms with van der Waals surface area (Å²) in [7, 11) is 0. The van der Waals surface area contributed by atoms with Crippen molar-refractivity contribution < 1.29 is 0 Å². The fourth-order valence-electron chi connectivity index (χ4n) is 1.94. The van der Waals surface area contributed by atoms with Gasteiger partial charge in [-0.25, -0.2) is 4.98 Å². The Morgan fingerprint density at radius 1 is 1.32 bits per heavy atom. The number of imidazole rings is 1. The standard InChI is InChI=1S/C14H17Cl2N3/c1-3-19-7-6-17-14(19)9-18-10(2)11-4-5-12(15)13(16)8-11/h4-8,10,18H,3,9H2,1-2H3. The lowest BCUT2D eigenvalue weighted by molar-refractivity contribution is 0.540. The molecule has 5 heteroatoms. The Labute approximate surface area is 123 Å². The maximum absolute atomic E-state index is 6.03. The highest BCUT2D eigenvalue weighted by Gasteiger charge is 2.09. The number of hydrogen-bond acceptors (Lipinski definition) is 2. The summed E-state index contributed by atoms with van der Waals surface area (Å²) < 4.78 is 2.12. The summed E-state index contributed by atoms with van der Waals surface area (Å²) in [6, 6.07) is 5.90. The summed E-state index contributed by atoms with van der Waals surface area (Å²) in [5, 5.41) is 4.61. The van der Waals surface area contributed by atoms with E-state index >= 15 is 0 Å². The van der Waals surface area contributed by atoms with E-state index in [0.29, 0.717) is 10.0 Å². The molecule has 1 atom stereocenters. The smallest absolute Gasteiger partial charge is 0.122 e. The number of nitrogens with zero attached hydrogens (tertiary/aromatic N) is 2. The van der Waals surface area contributed by atoms with E-state index < -0.39 is 0 Å². The first-order valence-electron chi connectivity index (χ1n) is 6.30. The molecule has 0 amide bonds. The molecule has 3 nitrogen and oxygen atoms in total. The highest BCUT2D eigenvalue weighted by molar-refractivity contribution is 6.42. The van der Waals surface area contributed by atoms with Crippen LogP contribution < -0.4 is 5.32 Å². The van der Waals surface area contributed by atoms with Crippen LogP contribution in [0.4, 0.5) is 0 Å². The number of nitrogens with one attached hydrogen (secondary N) is 1. The van der Waals surface area contributed by atoms with E-state index in [9.17, 15) is 0 Å². The van der Waals surface area contributed by atoms with Crippen LogP contribution in [0, 0.1) is 0 Å². The predicted octanol–water partition coefficient (Wildman–Crippen LogP) is 4.06. The molecule has 0 radical (unpaired) electrons. The summed E-state index contributed by atoms with van der Waals surface area (Å²) in [5.41, 5.74) is 1.11. The molecule has 0 saturated heterocycles. The Morgan fingerprint density at radius 2 is 2.11 bits per heavy atom. The van der Waals surface area contributed by atoms with Crippen LogP contribution in [0.25, 0.3) is 0 Å². The lowest BCUT2D eigenvalue weighted by atomic mass is 10.1. The number of hydrogen-bond donors (Lipinski definition) is 1. The van der Waals surface area contributed by atoms with Gasteiger partial charge in [0.2, 0.25) is 0 Å². The molecule has 0 spiro atoms. The highest BCUT2D eigenvalue weighted by atomic mass is 35.5. The molecule has 2 rings (SSSR count). The molecular formula is C14H17Cl2N3. The second kappa shape index (κ2) is 6.42. The first-order valence-corrected chi connectivity index (χ1v) is 7.05. The summed E-state index contributed by atoms with van der Waals surface area (Å²) in [4.78, 5) is 4.34. The topological polar surface area (TPSA) is 29.9 Å². The third-order valence-corrected chi connectivity index (χ3v) is 3.89. The van der Waals surface area contributed by atoms with Crippen LogP contribution in [-0.4, -0.2) is 9.55 Å². The van der Waals surface area contributed by atoms with Crippen molar-refractivity contribution in [1.82, 2.24) is 14.9 Å². The van der Waals surface area contributed by atoms with Crippen molar-refractivity contribution in [3.63, 3.8) is 0 Å². The van der Waals surface area contributed by atoms with E-state index in [2.05, 4.69) is 28.7 Å². The van der Waals surface area contributed by atoms with Crippen molar-refractivity contribution in [2.45, 2.75) is 33.0 Å². The summed E-state index contributed by atoms with van der Waals surface area (Å²) in [5.74, 6) is 1.04. The molecular weight excluding hydrogens is 281 g/mol. The molecule has 0 saturated carbocycles. The number of aryl methyl sites for hydroxylation is 1. The fraction of sp³-hybridized carbons (Fsp3) is 0.357. The van der Waals surface area contributed by atoms with Gasteiger partial charge in [-0.05, 0) is 31.5 Å². The predicted molar refractivity (Wildman–Crippen MR) is 79.6 cm³/mol. The largest absolute Gasteiger partial charge is 0.334 e. The number of rotatable bonds is 5. The van der Waals surface area contributed by atoms with E-state index in [0.717, 1.165) is 24.5 Å². The van der Waals surface area contributed by atoms with Crippen LogP contribution in [0.2, 0.25) is 10.0 Å². The Balaban J connectivity index is 2.01. The van der Waals surface area contributed by atoms with Gasteiger partial charge in [-0.3, -0.25) is 0 Å². The van der Waals surface area contributed by atoms with Crippen molar-refractivity contribution in [3.05, 3.63) is 52.0 Å². The van der Waals surface area contributed by atoms with Crippen molar-refractivity contribution in [1.29, 1.82) is 0 Å². The van der Waals surface area contributed by atoms with Crippen LogP contribution in [0.15, 0.2) is 30.6 Å². The average Bonchev–Trinajstić information content (AvgIpc) is 2.86. The summed E-state index contributed by atoms with van der Waals surface area (Å²) >= 11 is 11.9. The minimum atomic E-state index is 0.191. The van der Waals surface area contributed by atoms with Gasteiger partial charge in [0, 0.05) is 25.0 Å². The Hall–Kier alpha value is -1.03. The molecule has 1 aromatic carbocycles. The van der Waals surface area contributed by atoms with Gasteiger partial charge in [0.25, 0.3) is 0 Å². The molecule has 1 N–H and O–H groups in total. The lowest BCUT2D eigenvalue weighted by Gasteiger charge is -2.15. The van der Waals surface area contributed by atoms with Gasteiger partial charge in [0.15, 0.2) is 0 Å². The molecule has 1 unspecified atom stereocenters. The molecule has 0 aliphatic carbocycles. The quantitative estimate of drug-likeness (QED) is 0.902. The zero-order valence-electron chi connectivity index (χ0n) is 11.0. The first kappa shape index (κ1) is 14.4. The molecule has 0 aliphatic heterocycles. The third kappa shape index (κ3) is 3.50. The average molecular weight is 298 g/mol. The van der Waals surface area contributed by atoms with Crippen LogP contribution in [-0.2, 0) is 13.1 Å². The minimum Gasteiger partial charge on any atom is -0.334 e. The van der Waals surface area contributed by atoms with Gasteiger partial charge in [-0.1, -0.05) is 29.3 Å². The van der Waals surface area contributed by atoms with Crippen LogP contribution in [0.3, 0.4) is 0 Å². The zero-order chi connectivity index (χ0) is 13.8. The van der Waals surface area contributed by atoms with Crippen molar-refractivity contribution in [3.8, 4) is 0 Å². The van der Waals surface area contributed by atoms with Crippen LogP contribution in [0.1, 0.15) is 31.3 Å². The van der Waals surface area contributed by atoms with E-state index in [4.69, 9.17) is 23.2 Å². The van der Waals surface area contributed by atoms with Crippen molar-refractivity contribution in [2.24, 2.45) is 0 Å². The first-order chi connectivity index (χ1) is 9.11. The van der Waals surface area contributed by atoms with Gasteiger partial charge < -0.3 is 9.88 Å². The molecule has 0 bridgehead atoms. The monoisotopic (exact) mass is 297 g/mol. The second-order valence-electron chi connectivity index (χ2n) is 4.41. The SMILES string of the molecule is CCn1ccnc1CNC(C)c1ccc(Cl)c(Cl)c1. The summed E-state index contributed by atoms with van der Waals surface area (Å²) in [6.07, 6.45) is 3.81. The Kier molecular flexibility index (Phi) is 4.86. The van der Waals surface area contributed by atoms with Gasteiger partial charge in [0.1, 0.15) is 5.82 Å². The molecule has 19 heavy (non-hydrogen) atoms. The van der Waals surface area contributed by atoms with Gasteiger partial charge in [-0.15, -0.1) is 0 Å². The fourth-order valence-corrected chi connectivity index (χ4v) is 2.25. The maximum Gasteiger partial charge on any atom is 0.122 e. The molecule has 0 aliphatic rings. The van der Waals surface area contributed by atoms with Gasteiger partial charge in [0.05, 0.1) is 16.6 Å². The molecule has 1 aromatic heterocycles. The summed E-state index contributed by atoms with van der Waals surface area (Å²) in [6.45, 7) is 5.85. The lowest BCUT2D eigenvalue weighted by Crippen LogP contribution is -2.20. The van der Waals surface area contributed by atoms with E-state index in [1.165, 1.54) is 0 Å². The molecule has 1 heterocycles. The Bertz CT molecular complexity index is 551. The maximum atomic E-state index is 6.03. The van der Waals surface area contributed by atoms with E-state index in [1.807, 2.05) is 30.6 Å². The van der Waals surface area contributed by atoms with Gasteiger partial charge in [-0.2, -0.15) is 0 Å². The number of halogens is 2. The zero-order valence-corrected chi connectivity index (χ0v) is 12.5. The molecule has 2 aromatic rings. The van der Waals surface area contributed by atoms with Crippen LogP contribution >= 0.6 is 23.2 Å². The van der Waals surface area contributed by atoms with Gasteiger partial charge >= 0.3 is 0 Å². The van der Waals surface area contributed by atoms with Crippen molar-refractivity contribution >= 4 is 23.2 Å². The normalized spacial score (nSPS) is 12.6. The van der Waals surface area contributed by atoms with Crippen LogP contribution in [0.5, 0.6) is 0 Å². The second-order valence-corrected chi connectivity index (χ2v) is 5.22. The van der Waals surface area contributed by atoms with Crippen molar-refractivity contribution in [2.75, 3.05) is 0 Å². The van der Waals surface area contributed by atoms with E-state index in [-0.39, 0.29) is 6.04 Å².